The van der Waals surface area contributed by atoms with Gasteiger partial charge in [-0.1, -0.05) is 25.0 Å². The lowest BCUT2D eigenvalue weighted by molar-refractivity contribution is 0.249. The van der Waals surface area contributed by atoms with Crippen LogP contribution in [-0.4, -0.2) is 11.7 Å². The Labute approximate surface area is 115 Å². The van der Waals surface area contributed by atoms with Crippen molar-refractivity contribution >= 4 is 11.7 Å². The van der Waals surface area contributed by atoms with Crippen molar-refractivity contribution in [2.24, 2.45) is 22.2 Å². The van der Waals surface area contributed by atoms with Gasteiger partial charge in [0.15, 0.2) is 0 Å². The molecule has 0 bridgehead atoms. The zero-order valence-corrected chi connectivity index (χ0v) is 12.3. The summed E-state index contributed by atoms with van der Waals surface area (Å²) in [7, 11) is 0. The van der Waals surface area contributed by atoms with Crippen LogP contribution in [0.5, 0.6) is 0 Å². The van der Waals surface area contributed by atoms with Gasteiger partial charge >= 0.3 is 6.03 Å². The fourth-order valence-corrected chi connectivity index (χ4v) is 3.51. The van der Waals surface area contributed by atoms with E-state index in [0.29, 0.717) is 11.3 Å². The standard InChI is InChI=1S/C15H25N3O/c1-10(17-18-14(16)19)12-7-6-11-5-4-8-15(2,3)13(11)9-12/h12H,4-9H2,1-3H3,(H3,16,18,19). The van der Waals surface area contributed by atoms with Crippen LogP contribution < -0.4 is 11.2 Å². The van der Waals surface area contributed by atoms with E-state index in [2.05, 4.69) is 24.4 Å². The van der Waals surface area contributed by atoms with Crippen molar-refractivity contribution in [1.82, 2.24) is 5.43 Å². The molecule has 3 N–H and O–H groups in total. The van der Waals surface area contributed by atoms with Crippen LogP contribution >= 0.6 is 0 Å². The zero-order valence-electron chi connectivity index (χ0n) is 12.3. The maximum absolute atomic E-state index is 10.7. The predicted molar refractivity (Wildman–Crippen MR) is 77.8 cm³/mol. The first-order chi connectivity index (χ1) is 8.90. The molecule has 1 atom stereocenters. The Morgan fingerprint density at radius 1 is 1.42 bits per heavy atom. The Balaban J connectivity index is 2.11. The smallest absolute Gasteiger partial charge is 0.332 e. The van der Waals surface area contributed by atoms with Gasteiger partial charge in [-0.2, -0.15) is 5.10 Å². The van der Waals surface area contributed by atoms with Gasteiger partial charge in [0.25, 0.3) is 0 Å². The summed E-state index contributed by atoms with van der Waals surface area (Å²) in [5, 5.41) is 4.10. The van der Waals surface area contributed by atoms with Gasteiger partial charge in [0, 0.05) is 11.6 Å². The molecule has 1 unspecified atom stereocenters. The van der Waals surface area contributed by atoms with E-state index in [0.717, 1.165) is 18.6 Å². The summed E-state index contributed by atoms with van der Waals surface area (Å²) in [6.45, 7) is 6.71. The molecule has 0 aromatic heterocycles. The highest BCUT2D eigenvalue weighted by Crippen LogP contribution is 2.47. The second kappa shape index (κ2) is 5.35. The van der Waals surface area contributed by atoms with Crippen LogP contribution in [0, 0.1) is 11.3 Å². The maximum atomic E-state index is 10.7. The van der Waals surface area contributed by atoms with E-state index in [-0.39, 0.29) is 0 Å². The molecule has 2 amide bonds. The Hall–Kier alpha value is -1.32. The minimum absolute atomic E-state index is 0.337. The van der Waals surface area contributed by atoms with Crippen molar-refractivity contribution in [1.29, 1.82) is 0 Å². The molecule has 0 spiro atoms. The third kappa shape index (κ3) is 3.17. The largest absolute Gasteiger partial charge is 0.350 e. The van der Waals surface area contributed by atoms with Crippen LogP contribution in [0.25, 0.3) is 0 Å². The van der Waals surface area contributed by atoms with Gasteiger partial charge in [0.2, 0.25) is 0 Å². The number of nitrogens with zero attached hydrogens (tertiary/aromatic N) is 1. The van der Waals surface area contributed by atoms with Crippen molar-refractivity contribution in [3.05, 3.63) is 11.1 Å². The third-order valence-electron chi connectivity index (χ3n) is 4.70. The number of hydrogen-bond donors (Lipinski definition) is 2. The molecule has 19 heavy (non-hydrogen) atoms. The highest BCUT2D eigenvalue weighted by molar-refractivity contribution is 5.86. The lowest BCUT2D eigenvalue weighted by atomic mass is 9.65. The van der Waals surface area contributed by atoms with Crippen LogP contribution in [0.4, 0.5) is 4.79 Å². The van der Waals surface area contributed by atoms with E-state index in [1.165, 1.54) is 25.7 Å². The molecule has 0 saturated carbocycles. The van der Waals surface area contributed by atoms with E-state index in [1.807, 2.05) is 6.92 Å². The number of hydrogen-bond acceptors (Lipinski definition) is 2. The summed E-state index contributed by atoms with van der Waals surface area (Å²) < 4.78 is 0. The fourth-order valence-electron chi connectivity index (χ4n) is 3.51. The Morgan fingerprint density at radius 2 is 2.16 bits per heavy atom. The molecule has 106 valence electrons. The molecule has 0 aliphatic heterocycles. The molecule has 2 aliphatic carbocycles. The Morgan fingerprint density at radius 3 is 2.84 bits per heavy atom. The number of allylic oxidation sites excluding steroid dienone is 2. The van der Waals surface area contributed by atoms with Gasteiger partial charge in [0.1, 0.15) is 0 Å². The number of carbonyl (C=O) groups excluding carboxylic acids is 1. The van der Waals surface area contributed by atoms with Crippen LogP contribution in [0.2, 0.25) is 0 Å². The van der Waals surface area contributed by atoms with Crippen LogP contribution in [-0.2, 0) is 0 Å². The van der Waals surface area contributed by atoms with Gasteiger partial charge in [-0.25, -0.2) is 10.2 Å². The number of nitrogens with two attached hydrogens (primary N) is 1. The molecule has 0 fully saturated rings. The molecule has 4 heteroatoms. The van der Waals surface area contributed by atoms with Gasteiger partial charge in [-0.05, 0) is 50.9 Å². The number of carbonyl (C=O) groups is 1. The number of amides is 2. The lowest BCUT2D eigenvalue weighted by Gasteiger charge is -2.40. The van der Waals surface area contributed by atoms with E-state index >= 15 is 0 Å². The molecule has 0 aromatic rings. The van der Waals surface area contributed by atoms with Crippen LogP contribution in [0.3, 0.4) is 0 Å². The number of urea groups is 1. The number of rotatable bonds is 2. The normalized spacial score (nSPS) is 26.9. The second-order valence-electron chi connectivity index (χ2n) is 6.49. The topological polar surface area (TPSA) is 67.5 Å². The lowest BCUT2D eigenvalue weighted by Crippen LogP contribution is -2.30. The minimum atomic E-state index is -0.590. The molecule has 0 radical (unpaired) electrons. The molecule has 4 nitrogen and oxygen atoms in total. The first kappa shape index (κ1) is 14.1. The van der Waals surface area contributed by atoms with Crippen molar-refractivity contribution in [2.45, 2.75) is 59.3 Å². The summed E-state index contributed by atoms with van der Waals surface area (Å²) in [6, 6.07) is -0.590. The Bertz CT molecular complexity index is 435. The van der Waals surface area contributed by atoms with Crippen molar-refractivity contribution in [3.8, 4) is 0 Å². The highest BCUT2D eigenvalue weighted by atomic mass is 16.2. The number of primary amides is 1. The van der Waals surface area contributed by atoms with Crippen molar-refractivity contribution < 1.29 is 4.79 Å². The van der Waals surface area contributed by atoms with Gasteiger partial charge in [-0.15, -0.1) is 0 Å². The highest BCUT2D eigenvalue weighted by Gasteiger charge is 2.34. The molecule has 2 rings (SSSR count). The summed E-state index contributed by atoms with van der Waals surface area (Å²) >= 11 is 0. The molecule has 0 saturated heterocycles. The molecule has 2 aliphatic rings. The third-order valence-corrected chi connectivity index (χ3v) is 4.70. The zero-order chi connectivity index (χ0) is 14.0. The summed E-state index contributed by atoms with van der Waals surface area (Å²) in [5.74, 6) is 0.447. The van der Waals surface area contributed by atoms with Crippen LogP contribution in [0.1, 0.15) is 59.3 Å². The summed E-state index contributed by atoms with van der Waals surface area (Å²) in [5.41, 5.74) is 12.1. The number of hydrazone groups is 1. The van der Waals surface area contributed by atoms with E-state index in [1.54, 1.807) is 11.1 Å². The maximum Gasteiger partial charge on any atom is 0.332 e. The minimum Gasteiger partial charge on any atom is -0.350 e. The van der Waals surface area contributed by atoms with Crippen molar-refractivity contribution in [3.63, 3.8) is 0 Å². The van der Waals surface area contributed by atoms with Crippen LogP contribution in [0.15, 0.2) is 16.2 Å². The first-order valence-corrected chi connectivity index (χ1v) is 7.21. The molecule has 0 aromatic carbocycles. The van der Waals surface area contributed by atoms with Gasteiger partial charge in [0.05, 0.1) is 0 Å². The Kier molecular flexibility index (Phi) is 3.97. The monoisotopic (exact) mass is 263 g/mol. The number of nitrogens with one attached hydrogen (secondary N) is 1. The van der Waals surface area contributed by atoms with Crippen molar-refractivity contribution in [2.75, 3.05) is 0 Å². The SMILES string of the molecule is CC(=NNC(N)=O)C1CCC2=C(C1)C(C)(C)CCC2. The predicted octanol–water partition coefficient (Wildman–Crippen LogP) is 3.34. The summed E-state index contributed by atoms with van der Waals surface area (Å²) in [6.07, 6.45) is 7.32. The quantitative estimate of drug-likeness (QED) is 0.448. The fraction of sp³-hybridized carbons (Fsp3) is 0.733. The van der Waals surface area contributed by atoms with E-state index < -0.39 is 6.03 Å². The molecular formula is C15H25N3O. The molecule has 0 heterocycles. The van der Waals surface area contributed by atoms with E-state index in [9.17, 15) is 4.79 Å². The van der Waals surface area contributed by atoms with Gasteiger partial charge in [-0.3, -0.25) is 0 Å². The first-order valence-electron chi connectivity index (χ1n) is 7.21. The summed E-state index contributed by atoms with van der Waals surface area (Å²) in [4.78, 5) is 10.7. The second-order valence-corrected chi connectivity index (χ2v) is 6.49. The van der Waals surface area contributed by atoms with E-state index in [4.69, 9.17) is 5.73 Å². The molecular weight excluding hydrogens is 238 g/mol. The van der Waals surface area contributed by atoms with Gasteiger partial charge < -0.3 is 5.73 Å². The average Bonchev–Trinajstić information content (AvgIpc) is 2.35. The average molecular weight is 263 g/mol.